The fourth-order valence-electron chi connectivity index (χ4n) is 2.96. The molecule has 1 rings (SSSR count). The molecule has 100 valence electrons. The normalized spacial score (nSPS) is 18.7. The molecule has 0 aliphatic carbocycles. The van der Waals surface area contributed by atoms with Crippen molar-refractivity contribution in [2.24, 2.45) is 11.8 Å². The lowest BCUT2D eigenvalue weighted by atomic mass is 9.98. The van der Waals surface area contributed by atoms with E-state index in [9.17, 15) is 0 Å². The molecule has 0 spiro atoms. The van der Waals surface area contributed by atoms with Gasteiger partial charge in [-0.2, -0.15) is 0 Å². The number of hydrogen-bond acceptors (Lipinski definition) is 2. The van der Waals surface area contributed by atoms with Crippen LogP contribution >= 0.6 is 0 Å². The van der Waals surface area contributed by atoms with E-state index in [0.717, 1.165) is 0 Å². The van der Waals surface area contributed by atoms with E-state index in [2.05, 4.69) is 58.4 Å². The average molecular weight is 238 g/mol. The zero-order valence-corrected chi connectivity index (χ0v) is 12.7. The van der Waals surface area contributed by atoms with Gasteiger partial charge in [0.25, 0.3) is 0 Å². The molecule has 2 nitrogen and oxygen atoms in total. The Bertz CT molecular complexity index is 277. The fourth-order valence-corrected chi connectivity index (χ4v) is 2.96. The summed E-state index contributed by atoms with van der Waals surface area (Å²) in [5.41, 5.74) is 3.11. The van der Waals surface area contributed by atoms with Gasteiger partial charge in [-0.15, -0.1) is 0 Å². The Morgan fingerprint density at radius 2 is 1.35 bits per heavy atom. The second-order valence-electron chi connectivity index (χ2n) is 6.14. The first-order chi connectivity index (χ1) is 7.86. The third kappa shape index (κ3) is 3.17. The number of nitrogens with zero attached hydrogens (tertiary/aromatic N) is 2. The minimum atomic E-state index is 0.604. The van der Waals surface area contributed by atoms with Crippen LogP contribution in [0.3, 0.4) is 0 Å². The van der Waals surface area contributed by atoms with Crippen LogP contribution in [0.15, 0.2) is 11.4 Å². The van der Waals surface area contributed by atoms with E-state index in [1.165, 1.54) is 19.5 Å². The van der Waals surface area contributed by atoms with E-state index < -0.39 is 0 Å². The lowest BCUT2D eigenvalue weighted by Gasteiger charge is -2.36. The molecule has 0 N–H and O–H groups in total. The van der Waals surface area contributed by atoms with Gasteiger partial charge in [-0.25, -0.2) is 0 Å². The summed E-state index contributed by atoms with van der Waals surface area (Å²) < 4.78 is 0. The molecule has 1 aliphatic heterocycles. The first-order valence-corrected chi connectivity index (χ1v) is 7.08. The summed E-state index contributed by atoms with van der Waals surface area (Å²) in [5, 5.41) is 0. The Labute approximate surface area is 108 Å². The predicted molar refractivity (Wildman–Crippen MR) is 75.8 cm³/mol. The minimum absolute atomic E-state index is 0.604. The van der Waals surface area contributed by atoms with Crippen LogP contribution in [0, 0.1) is 11.8 Å². The van der Waals surface area contributed by atoms with Crippen molar-refractivity contribution in [3.05, 3.63) is 11.4 Å². The molecule has 0 aromatic rings. The first-order valence-electron chi connectivity index (χ1n) is 7.08. The van der Waals surface area contributed by atoms with Gasteiger partial charge in [0.05, 0.1) is 0 Å². The molecule has 0 saturated heterocycles. The summed E-state index contributed by atoms with van der Waals surface area (Å²) >= 11 is 0. The van der Waals surface area contributed by atoms with Crippen LogP contribution in [0.25, 0.3) is 0 Å². The molecule has 0 aromatic heterocycles. The van der Waals surface area contributed by atoms with Crippen molar-refractivity contribution < 1.29 is 0 Å². The van der Waals surface area contributed by atoms with E-state index in [1.54, 1.807) is 11.4 Å². The Morgan fingerprint density at radius 1 is 0.824 bits per heavy atom. The maximum atomic E-state index is 2.61. The molecule has 0 saturated carbocycles. The van der Waals surface area contributed by atoms with Crippen molar-refractivity contribution in [3.63, 3.8) is 0 Å². The van der Waals surface area contributed by atoms with Gasteiger partial charge in [-0.1, -0.05) is 27.7 Å². The zero-order valence-electron chi connectivity index (χ0n) is 12.7. The number of rotatable bonds is 3. The van der Waals surface area contributed by atoms with Gasteiger partial charge in [0.1, 0.15) is 0 Å². The minimum Gasteiger partial charge on any atom is -0.376 e. The first kappa shape index (κ1) is 14.4. The third-order valence-electron chi connectivity index (χ3n) is 3.59. The van der Waals surface area contributed by atoms with Gasteiger partial charge in [0.15, 0.2) is 0 Å². The highest BCUT2D eigenvalue weighted by Crippen LogP contribution is 2.30. The standard InChI is InChI=1S/C15H30N2/c1-11(2)14-15(12(3)4)17(13(5)6)10-8-9-16(14)7/h11-13H,8-10H2,1-7H3. The van der Waals surface area contributed by atoms with Crippen molar-refractivity contribution in [3.8, 4) is 0 Å². The van der Waals surface area contributed by atoms with Gasteiger partial charge in [-0.3, -0.25) is 0 Å². The second kappa shape index (κ2) is 5.79. The second-order valence-corrected chi connectivity index (χ2v) is 6.14. The molecule has 17 heavy (non-hydrogen) atoms. The highest BCUT2D eigenvalue weighted by Gasteiger charge is 2.26. The quantitative estimate of drug-likeness (QED) is 0.742. The van der Waals surface area contributed by atoms with Crippen molar-refractivity contribution in [2.75, 3.05) is 20.1 Å². The summed E-state index contributed by atoms with van der Waals surface area (Å²) in [6, 6.07) is 0.604. The maximum absolute atomic E-state index is 2.61. The highest BCUT2D eigenvalue weighted by atomic mass is 15.2. The highest BCUT2D eigenvalue weighted by molar-refractivity contribution is 5.18. The number of hydrogen-bond donors (Lipinski definition) is 0. The van der Waals surface area contributed by atoms with Crippen LogP contribution in [-0.2, 0) is 0 Å². The molecular formula is C15H30N2. The average Bonchev–Trinajstić information content (AvgIpc) is 2.36. The number of allylic oxidation sites excluding steroid dienone is 2. The topological polar surface area (TPSA) is 6.48 Å². The van der Waals surface area contributed by atoms with Crippen LogP contribution in [0.4, 0.5) is 0 Å². The van der Waals surface area contributed by atoms with E-state index in [0.29, 0.717) is 17.9 Å². The monoisotopic (exact) mass is 238 g/mol. The molecule has 0 amide bonds. The van der Waals surface area contributed by atoms with E-state index in [4.69, 9.17) is 0 Å². The summed E-state index contributed by atoms with van der Waals surface area (Å²) in [4.78, 5) is 5.09. The summed E-state index contributed by atoms with van der Waals surface area (Å²) in [5.74, 6) is 1.21. The fraction of sp³-hybridized carbons (Fsp3) is 0.867. The smallest absolute Gasteiger partial charge is 0.0358 e. The Balaban J connectivity index is 3.25. The molecule has 0 bridgehead atoms. The summed E-state index contributed by atoms with van der Waals surface area (Å²) in [6.45, 7) is 16.3. The Kier molecular flexibility index (Phi) is 4.91. The van der Waals surface area contributed by atoms with E-state index in [1.807, 2.05) is 0 Å². The summed E-state index contributed by atoms with van der Waals surface area (Å²) in [6.07, 6.45) is 1.27. The van der Waals surface area contributed by atoms with Gasteiger partial charge < -0.3 is 9.80 Å². The van der Waals surface area contributed by atoms with E-state index in [-0.39, 0.29) is 0 Å². The molecule has 0 aromatic carbocycles. The Hall–Kier alpha value is -0.660. The van der Waals surface area contributed by atoms with Gasteiger partial charge in [0.2, 0.25) is 0 Å². The third-order valence-corrected chi connectivity index (χ3v) is 3.59. The molecule has 1 heterocycles. The van der Waals surface area contributed by atoms with Crippen LogP contribution < -0.4 is 0 Å². The lowest BCUT2D eigenvalue weighted by Crippen LogP contribution is -2.34. The molecule has 0 radical (unpaired) electrons. The molecular weight excluding hydrogens is 208 g/mol. The van der Waals surface area contributed by atoms with Crippen LogP contribution in [0.1, 0.15) is 48.0 Å². The maximum Gasteiger partial charge on any atom is 0.0358 e. The predicted octanol–water partition coefficient (Wildman–Crippen LogP) is 3.56. The van der Waals surface area contributed by atoms with Crippen LogP contribution in [-0.4, -0.2) is 36.0 Å². The van der Waals surface area contributed by atoms with Crippen molar-refractivity contribution in [2.45, 2.75) is 54.0 Å². The summed E-state index contributed by atoms with van der Waals surface area (Å²) in [7, 11) is 2.25. The van der Waals surface area contributed by atoms with Gasteiger partial charge in [0, 0.05) is 37.6 Å². The van der Waals surface area contributed by atoms with Crippen LogP contribution in [0.2, 0.25) is 0 Å². The van der Waals surface area contributed by atoms with Gasteiger partial charge >= 0.3 is 0 Å². The van der Waals surface area contributed by atoms with Crippen LogP contribution in [0.5, 0.6) is 0 Å². The van der Waals surface area contributed by atoms with Crippen molar-refractivity contribution in [1.82, 2.24) is 9.80 Å². The molecule has 2 heteroatoms. The molecule has 0 fully saturated rings. The zero-order chi connectivity index (χ0) is 13.2. The van der Waals surface area contributed by atoms with E-state index >= 15 is 0 Å². The lowest BCUT2D eigenvalue weighted by molar-refractivity contribution is 0.258. The molecule has 1 aliphatic rings. The van der Waals surface area contributed by atoms with Crippen molar-refractivity contribution in [1.29, 1.82) is 0 Å². The molecule has 0 atom stereocenters. The largest absolute Gasteiger partial charge is 0.376 e. The molecule has 0 unspecified atom stereocenters. The SMILES string of the molecule is CC(C)C1=C(C(C)C)N(C(C)C)CCCN1C. The van der Waals surface area contributed by atoms with Crippen molar-refractivity contribution >= 4 is 0 Å². The Morgan fingerprint density at radius 3 is 1.76 bits per heavy atom. The van der Waals surface area contributed by atoms with Gasteiger partial charge in [-0.05, 0) is 32.1 Å².